The first-order chi connectivity index (χ1) is 8.88. The van der Waals surface area contributed by atoms with E-state index >= 15 is 0 Å². The van der Waals surface area contributed by atoms with Crippen molar-refractivity contribution in [2.45, 2.75) is 25.3 Å². The Bertz CT molecular complexity index is 695. The average molecular weight is 344 g/mol. The van der Waals surface area contributed by atoms with Gasteiger partial charge in [0.2, 0.25) is 4.73 Å². The first kappa shape index (κ1) is 14.2. The number of hydrogen-bond donors (Lipinski definition) is 0. The molecule has 0 spiro atoms. The van der Waals surface area contributed by atoms with Gasteiger partial charge in [-0.3, -0.25) is 4.68 Å². The number of aromatic nitrogens is 3. The maximum Gasteiger partial charge on any atom is 0.217 e. The van der Waals surface area contributed by atoms with Crippen molar-refractivity contribution in [3.05, 3.63) is 40.4 Å². The van der Waals surface area contributed by atoms with Crippen molar-refractivity contribution >= 4 is 25.8 Å². The second-order valence-corrected chi connectivity index (χ2v) is 7.16. The van der Waals surface area contributed by atoms with Crippen LogP contribution in [0.5, 0.6) is 0 Å². The van der Waals surface area contributed by atoms with Crippen molar-refractivity contribution in [3.63, 3.8) is 0 Å². The van der Waals surface area contributed by atoms with Crippen molar-refractivity contribution in [1.29, 1.82) is 0 Å². The van der Waals surface area contributed by atoms with Crippen LogP contribution in [0.3, 0.4) is 0 Å². The second kappa shape index (κ2) is 5.42. The molecule has 1 heterocycles. The molecule has 0 bridgehead atoms. The van der Waals surface area contributed by atoms with Crippen LogP contribution < -0.4 is 0 Å². The zero-order chi connectivity index (χ0) is 14.0. The predicted molar refractivity (Wildman–Crippen MR) is 75.7 cm³/mol. The third-order valence-corrected chi connectivity index (χ3v) is 4.99. The second-order valence-electron chi connectivity index (χ2n) is 4.34. The molecule has 7 heteroatoms. The molecular formula is C12H14BrN3O2S. The van der Waals surface area contributed by atoms with E-state index in [-0.39, 0.29) is 12.3 Å². The molecule has 0 saturated carbocycles. The molecule has 19 heavy (non-hydrogen) atoms. The van der Waals surface area contributed by atoms with Crippen LogP contribution in [0, 0.1) is 13.8 Å². The molecule has 0 atom stereocenters. The lowest BCUT2D eigenvalue weighted by Gasteiger charge is -2.07. The van der Waals surface area contributed by atoms with Gasteiger partial charge < -0.3 is 0 Å². The van der Waals surface area contributed by atoms with Crippen molar-refractivity contribution < 1.29 is 8.42 Å². The van der Waals surface area contributed by atoms with Crippen LogP contribution in [-0.2, 0) is 16.4 Å². The van der Waals surface area contributed by atoms with E-state index in [1.807, 2.05) is 19.9 Å². The lowest BCUT2D eigenvalue weighted by Crippen LogP contribution is -2.14. The fraction of sp³-hybridized carbons (Fsp3) is 0.333. The molecule has 2 aromatic rings. The normalized spacial score (nSPS) is 11.7. The lowest BCUT2D eigenvalue weighted by atomic mass is 10.1. The monoisotopic (exact) mass is 343 g/mol. The maximum atomic E-state index is 12.2. The highest BCUT2D eigenvalue weighted by Gasteiger charge is 2.15. The van der Waals surface area contributed by atoms with E-state index in [9.17, 15) is 8.42 Å². The Morgan fingerprint density at radius 3 is 2.58 bits per heavy atom. The summed E-state index contributed by atoms with van der Waals surface area (Å²) in [6.07, 6.45) is 1.50. The van der Waals surface area contributed by atoms with Gasteiger partial charge in [-0.1, -0.05) is 6.07 Å². The maximum absolute atomic E-state index is 12.2. The summed E-state index contributed by atoms with van der Waals surface area (Å²) in [6, 6.07) is 5.19. The summed E-state index contributed by atoms with van der Waals surface area (Å²) in [6.45, 7) is 4.15. The number of halogens is 1. The molecule has 0 radical (unpaired) electrons. The van der Waals surface area contributed by atoms with E-state index in [2.05, 4.69) is 26.0 Å². The molecule has 0 fully saturated rings. The number of nitrogens with zero attached hydrogens (tertiary/aromatic N) is 3. The summed E-state index contributed by atoms with van der Waals surface area (Å²) >= 11 is 3.12. The molecular weight excluding hydrogens is 330 g/mol. The van der Waals surface area contributed by atoms with Gasteiger partial charge in [-0.05, 0) is 53.0 Å². The molecule has 0 unspecified atom stereocenters. The van der Waals surface area contributed by atoms with Crippen LogP contribution in [0.15, 0.2) is 34.2 Å². The van der Waals surface area contributed by atoms with Crippen LogP contribution in [0.2, 0.25) is 0 Å². The zero-order valence-corrected chi connectivity index (χ0v) is 13.1. The topological polar surface area (TPSA) is 64.8 Å². The molecule has 2 rings (SSSR count). The highest BCUT2D eigenvalue weighted by atomic mass is 79.9. The molecule has 0 aliphatic rings. The summed E-state index contributed by atoms with van der Waals surface area (Å²) in [7, 11) is -3.29. The van der Waals surface area contributed by atoms with E-state index in [1.165, 1.54) is 11.0 Å². The summed E-state index contributed by atoms with van der Waals surface area (Å²) in [5, 5.41) is 4.00. The van der Waals surface area contributed by atoms with Crippen LogP contribution in [-0.4, -0.2) is 28.9 Å². The Morgan fingerprint density at radius 2 is 2.00 bits per heavy atom. The van der Waals surface area contributed by atoms with Gasteiger partial charge in [-0.15, -0.1) is 5.10 Å². The van der Waals surface area contributed by atoms with Gasteiger partial charge in [0.25, 0.3) is 0 Å². The minimum absolute atomic E-state index is 0.00526. The van der Waals surface area contributed by atoms with E-state index in [4.69, 9.17) is 0 Å². The number of aryl methyl sites for hydroxylation is 3. The highest BCUT2D eigenvalue weighted by molar-refractivity contribution is 9.10. The largest absolute Gasteiger partial charge is 0.251 e. The molecule has 0 N–H and O–H groups in total. The van der Waals surface area contributed by atoms with Gasteiger partial charge in [-0.25, -0.2) is 13.4 Å². The van der Waals surface area contributed by atoms with Crippen LogP contribution in [0.1, 0.15) is 11.1 Å². The summed E-state index contributed by atoms with van der Waals surface area (Å²) < 4.78 is 26.4. The lowest BCUT2D eigenvalue weighted by molar-refractivity contribution is 0.579. The smallest absolute Gasteiger partial charge is 0.217 e. The quantitative estimate of drug-likeness (QED) is 0.852. The number of hydrogen-bond acceptors (Lipinski definition) is 4. The van der Waals surface area contributed by atoms with Crippen molar-refractivity contribution in [3.8, 4) is 0 Å². The minimum Gasteiger partial charge on any atom is -0.251 e. The fourth-order valence-corrected chi connectivity index (χ4v) is 3.21. The standard InChI is InChI=1S/C12H14BrN3O2S/c1-9-3-4-11(7-10(9)2)19(17,18)6-5-16-8-14-12(13)15-16/h3-4,7-8H,5-6H2,1-2H3. The third-order valence-electron chi connectivity index (χ3n) is 2.94. The van der Waals surface area contributed by atoms with Gasteiger partial charge >= 0.3 is 0 Å². The Hall–Kier alpha value is -1.21. The predicted octanol–water partition coefficient (Wildman–Crippen LogP) is 2.13. The first-order valence-corrected chi connectivity index (χ1v) is 8.18. The van der Waals surface area contributed by atoms with Gasteiger partial charge in [0.1, 0.15) is 6.33 Å². The fourth-order valence-electron chi connectivity index (χ4n) is 1.62. The summed E-state index contributed by atoms with van der Waals surface area (Å²) in [4.78, 5) is 4.25. The zero-order valence-electron chi connectivity index (χ0n) is 10.7. The van der Waals surface area contributed by atoms with Crippen molar-refractivity contribution in [2.75, 3.05) is 5.75 Å². The van der Waals surface area contributed by atoms with E-state index < -0.39 is 9.84 Å². The van der Waals surface area contributed by atoms with E-state index in [1.54, 1.807) is 12.1 Å². The molecule has 1 aromatic carbocycles. The van der Waals surface area contributed by atoms with Crippen LogP contribution >= 0.6 is 15.9 Å². The number of benzene rings is 1. The first-order valence-electron chi connectivity index (χ1n) is 5.73. The van der Waals surface area contributed by atoms with Gasteiger partial charge in [-0.2, -0.15) is 0 Å². The molecule has 1 aromatic heterocycles. The SMILES string of the molecule is Cc1ccc(S(=O)(=O)CCn2cnc(Br)n2)cc1C. The van der Waals surface area contributed by atoms with Crippen molar-refractivity contribution in [1.82, 2.24) is 14.8 Å². The Kier molecular flexibility index (Phi) is 4.05. The number of sulfone groups is 1. The number of rotatable bonds is 4. The average Bonchev–Trinajstić information content (AvgIpc) is 2.76. The Labute approximate surface area is 120 Å². The molecule has 102 valence electrons. The molecule has 0 aliphatic carbocycles. The molecule has 0 saturated heterocycles. The Balaban J connectivity index is 2.16. The van der Waals surface area contributed by atoms with E-state index in [0.717, 1.165) is 11.1 Å². The van der Waals surface area contributed by atoms with Crippen LogP contribution in [0.4, 0.5) is 0 Å². The minimum atomic E-state index is -3.29. The van der Waals surface area contributed by atoms with E-state index in [0.29, 0.717) is 9.63 Å². The summed E-state index contributed by atoms with van der Waals surface area (Å²) in [5.41, 5.74) is 2.06. The Morgan fingerprint density at radius 1 is 1.26 bits per heavy atom. The molecule has 0 amide bonds. The molecule has 0 aliphatic heterocycles. The van der Waals surface area contributed by atoms with Crippen LogP contribution in [0.25, 0.3) is 0 Å². The summed E-state index contributed by atoms with van der Waals surface area (Å²) in [5.74, 6) is 0.00526. The molecule has 5 nitrogen and oxygen atoms in total. The highest BCUT2D eigenvalue weighted by Crippen LogP contribution is 2.16. The van der Waals surface area contributed by atoms with Gasteiger partial charge in [0, 0.05) is 0 Å². The third kappa shape index (κ3) is 3.42. The van der Waals surface area contributed by atoms with Crippen molar-refractivity contribution in [2.24, 2.45) is 0 Å². The van der Waals surface area contributed by atoms with Gasteiger partial charge in [0.05, 0.1) is 17.2 Å². The van der Waals surface area contributed by atoms with Gasteiger partial charge in [0.15, 0.2) is 9.84 Å².